The van der Waals surface area contributed by atoms with Crippen molar-refractivity contribution in [1.29, 1.82) is 0 Å². The highest BCUT2D eigenvalue weighted by molar-refractivity contribution is 7.09. The normalized spacial score (nSPS) is 10.0. The smallest absolute Gasteiger partial charge is 0.249 e. The summed E-state index contributed by atoms with van der Waals surface area (Å²) in [4.78, 5) is 1.27. The number of halogens is 3. The summed E-state index contributed by atoms with van der Waals surface area (Å²) >= 11 is 14.0. The number of thiazole rings is 1. The molecule has 0 N–H and O–H groups in total. The van der Waals surface area contributed by atoms with Crippen LogP contribution < -0.4 is 17.0 Å². The van der Waals surface area contributed by atoms with E-state index < -0.39 is 0 Å². The Balaban J connectivity index is 0.00000128. The fourth-order valence-electron chi connectivity index (χ4n) is 1.41. The standard InChI is InChI=1S/C11H10Cl2NS.ClH/c1-7-8(2)15-6-14(7)11-9(12)4-3-5-10(11)13;/h3-6H,1-2H3;1H/q+1;/p-1. The average Bonchev–Trinajstić information content (AvgIpc) is 2.49. The molecule has 0 atom stereocenters. The zero-order valence-electron chi connectivity index (χ0n) is 8.80. The largest absolute Gasteiger partial charge is 1.00 e. The lowest BCUT2D eigenvalue weighted by Crippen LogP contribution is -3.00. The SMILES string of the molecule is Cc1sc[n+](-c2c(Cl)cccc2Cl)c1C.[Cl-]. The number of aryl methyl sites for hydroxylation is 1. The molecule has 0 bridgehead atoms. The van der Waals surface area contributed by atoms with Gasteiger partial charge < -0.3 is 12.4 Å². The Kier molecular flexibility index (Phi) is 4.62. The second kappa shape index (κ2) is 5.37. The summed E-state index contributed by atoms with van der Waals surface area (Å²) < 4.78 is 2.03. The zero-order chi connectivity index (χ0) is 11.0. The maximum Gasteiger partial charge on any atom is 0.249 e. The van der Waals surface area contributed by atoms with Gasteiger partial charge in [-0.15, -0.1) is 0 Å². The molecular formula is C11H10Cl3NS. The molecule has 5 heteroatoms. The maximum absolute atomic E-state index is 6.14. The number of hydrogen-bond acceptors (Lipinski definition) is 1. The molecule has 0 saturated heterocycles. The van der Waals surface area contributed by atoms with E-state index in [0.29, 0.717) is 10.0 Å². The van der Waals surface area contributed by atoms with Gasteiger partial charge in [0.15, 0.2) is 5.69 Å². The molecule has 2 aromatic rings. The summed E-state index contributed by atoms with van der Waals surface area (Å²) in [7, 11) is 0. The van der Waals surface area contributed by atoms with Crippen LogP contribution in [-0.2, 0) is 0 Å². The molecule has 1 aromatic heterocycles. The summed E-state index contributed by atoms with van der Waals surface area (Å²) in [6, 6.07) is 5.55. The highest BCUT2D eigenvalue weighted by Gasteiger charge is 2.21. The maximum atomic E-state index is 6.14. The van der Waals surface area contributed by atoms with Crippen LogP contribution in [0.3, 0.4) is 0 Å². The van der Waals surface area contributed by atoms with Crippen LogP contribution in [-0.4, -0.2) is 0 Å². The predicted molar refractivity (Wildman–Crippen MR) is 65.3 cm³/mol. The quantitative estimate of drug-likeness (QED) is 0.690. The molecule has 0 aliphatic rings. The van der Waals surface area contributed by atoms with E-state index in [0.717, 1.165) is 5.69 Å². The van der Waals surface area contributed by atoms with Gasteiger partial charge in [-0.2, -0.15) is 4.57 Å². The summed E-state index contributed by atoms with van der Waals surface area (Å²) in [6.45, 7) is 4.15. The van der Waals surface area contributed by atoms with E-state index in [-0.39, 0.29) is 12.4 Å². The molecule has 0 saturated carbocycles. The Morgan fingerprint density at radius 1 is 1.12 bits per heavy atom. The van der Waals surface area contributed by atoms with E-state index >= 15 is 0 Å². The lowest BCUT2D eigenvalue weighted by atomic mass is 10.3. The van der Waals surface area contributed by atoms with Crippen LogP contribution in [0.2, 0.25) is 10.0 Å². The Hall–Kier alpha value is -0.280. The van der Waals surface area contributed by atoms with E-state index in [1.807, 2.05) is 28.3 Å². The van der Waals surface area contributed by atoms with Gasteiger partial charge in [0.25, 0.3) is 0 Å². The fraction of sp³-hybridized carbons (Fsp3) is 0.182. The molecule has 1 aromatic carbocycles. The molecule has 0 unspecified atom stereocenters. The van der Waals surface area contributed by atoms with Crippen molar-refractivity contribution in [1.82, 2.24) is 0 Å². The first-order valence-electron chi connectivity index (χ1n) is 4.52. The monoisotopic (exact) mass is 293 g/mol. The molecule has 1 heterocycles. The van der Waals surface area contributed by atoms with Crippen molar-refractivity contribution >= 4 is 34.5 Å². The molecule has 0 spiro atoms. The number of rotatable bonds is 1. The predicted octanol–water partition coefficient (Wildman–Crippen LogP) is 0.952. The Morgan fingerprint density at radius 2 is 1.69 bits per heavy atom. The number of para-hydroxylation sites is 1. The zero-order valence-corrected chi connectivity index (χ0v) is 11.9. The Bertz CT molecular complexity index is 488. The van der Waals surface area contributed by atoms with Crippen molar-refractivity contribution in [2.75, 3.05) is 0 Å². The van der Waals surface area contributed by atoms with Crippen LogP contribution in [0.1, 0.15) is 10.6 Å². The van der Waals surface area contributed by atoms with Crippen molar-refractivity contribution < 1.29 is 17.0 Å². The number of hydrogen-bond donors (Lipinski definition) is 0. The van der Waals surface area contributed by atoms with Crippen LogP contribution in [0.15, 0.2) is 23.7 Å². The average molecular weight is 295 g/mol. The molecule has 0 aliphatic carbocycles. The molecule has 2 rings (SSSR count). The van der Waals surface area contributed by atoms with Crippen molar-refractivity contribution in [3.8, 4) is 5.69 Å². The van der Waals surface area contributed by atoms with Gasteiger partial charge in [0.05, 0.1) is 4.88 Å². The van der Waals surface area contributed by atoms with E-state index in [1.54, 1.807) is 11.3 Å². The van der Waals surface area contributed by atoms with Gasteiger partial charge in [-0.3, -0.25) is 0 Å². The molecule has 0 fully saturated rings. The van der Waals surface area contributed by atoms with E-state index in [9.17, 15) is 0 Å². The third kappa shape index (κ3) is 2.35. The summed E-state index contributed by atoms with van der Waals surface area (Å²) in [5.41, 5.74) is 4.07. The number of benzene rings is 1. The van der Waals surface area contributed by atoms with E-state index in [4.69, 9.17) is 23.2 Å². The molecule has 1 nitrogen and oxygen atoms in total. The van der Waals surface area contributed by atoms with E-state index in [1.165, 1.54) is 10.6 Å². The molecule has 0 radical (unpaired) electrons. The molecular weight excluding hydrogens is 285 g/mol. The highest BCUT2D eigenvalue weighted by Crippen LogP contribution is 2.25. The minimum atomic E-state index is 0. The van der Waals surface area contributed by atoms with Crippen molar-refractivity contribution in [2.45, 2.75) is 13.8 Å². The third-order valence-corrected chi connectivity index (χ3v) is 3.96. The van der Waals surface area contributed by atoms with Crippen molar-refractivity contribution in [3.05, 3.63) is 44.3 Å². The first-order valence-corrected chi connectivity index (χ1v) is 6.15. The van der Waals surface area contributed by atoms with Crippen molar-refractivity contribution in [2.24, 2.45) is 0 Å². The minimum Gasteiger partial charge on any atom is -1.00 e. The second-order valence-electron chi connectivity index (χ2n) is 3.31. The van der Waals surface area contributed by atoms with Crippen molar-refractivity contribution in [3.63, 3.8) is 0 Å². The van der Waals surface area contributed by atoms with Crippen LogP contribution >= 0.6 is 34.5 Å². The third-order valence-electron chi connectivity index (χ3n) is 2.38. The number of aromatic nitrogens is 1. The summed E-state index contributed by atoms with van der Waals surface area (Å²) in [6.07, 6.45) is 0. The number of nitrogens with zero attached hydrogens (tertiary/aromatic N) is 1. The van der Waals surface area contributed by atoms with E-state index in [2.05, 4.69) is 13.8 Å². The molecule has 86 valence electrons. The Labute approximate surface area is 115 Å². The van der Waals surface area contributed by atoms with Gasteiger partial charge in [0, 0.05) is 6.92 Å². The molecule has 0 aliphatic heterocycles. The molecule has 0 amide bonds. The minimum absolute atomic E-state index is 0. The van der Waals surface area contributed by atoms with Crippen LogP contribution in [0.4, 0.5) is 0 Å². The van der Waals surface area contributed by atoms with Gasteiger partial charge in [-0.05, 0) is 19.1 Å². The van der Waals surface area contributed by atoms with Crippen LogP contribution in [0.5, 0.6) is 0 Å². The Morgan fingerprint density at radius 3 is 2.12 bits per heavy atom. The fourth-order valence-corrected chi connectivity index (χ4v) is 2.78. The summed E-state index contributed by atoms with van der Waals surface area (Å²) in [5, 5.41) is 1.35. The van der Waals surface area contributed by atoms with Crippen LogP contribution in [0.25, 0.3) is 5.69 Å². The molecule has 16 heavy (non-hydrogen) atoms. The lowest BCUT2D eigenvalue weighted by Gasteiger charge is -1.99. The van der Waals surface area contributed by atoms with Gasteiger partial charge in [0.2, 0.25) is 11.2 Å². The highest BCUT2D eigenvalue weighted by atomic mass is 35.5. The van der Waals surface area contributed by atoms with Gasteiger partial charge in [0.1, 0.15) is 10.0 Å². The second-order valence-corrected chi connectivity index (χ2v) is 5.18. The van der Waals surface area contributed by atoms with Gasteiger partial charge in [-0.25, -0.2) is 0 Å². The topological polar surface area (TPSA) is 3.88 Å². The van der Waals surface area contributed by atoms with Gasteiger partial charge in [-0.1, -0.05) is 40.6 Å². The lowest BCUT2D eigenvalue weighted by molar-refractivity contribution is -0.597. The summed E-state index contributed by atoms with van der Waals surface area (Å²) in [5.74, 6) is 0. The first kappa shape index (κ1) is 13.8. The van der Waals surface area contributed by atoms with Crippen LogP contribution in [0, 0.1) is 13.8 Å². The first-order chi connectivity index (χ1) is 7.11. The van der Waals surface area contributed by atoms with Gasteiger partial charge >= 0.3 is 0 Å².